The van der Waals surface area contributed by atoms with Crippen LogP contribution >= 0.6 is 15.9 Å². The van der Waals surface area contributed by atoms with Crippen LogP contribution < -0.4 is 5.73 Å². The van der Waals surface area contributed by atoms with Crippen LogP contribution in [0.5, 0.6) is 0 Å². The molecule has 0 aliphatic heterocycles. The Kier molecular flexibility index (Phi) is 3.23. The lowest BCUT2D eigenvalue weighted by Gasteiger charge is -2.26. The van der Waals surface area contributed by atoms with E-state index >= 15 is 0 Å². The predicted molar refractivity (Wildman–Crippen MR) is 60.2 cm³/mol. The maximum atomic E-state index is 5.49. The second-order valence-corrected chi connectivity index (χ2v) is 4.63. The van der Waals surface area contributed by atoms with Crippen molar-refractivity contribution in [2.45, 2.75) is 38.1 Å². The highest BCUT2D eigenvalue weighted by Crippen LogP contribution is 2.34. The molecule has 0 atom stereocenters. The number of hydrogen-bond donors (Lipinski definition) is 1. The van der Waals surface area contributed by atoms with Gasteiger partial charge < -0.3 is 5.73 Å². The molecular weight excluding hydrogens is 242 g/mol. The minimum absolute atomic E-state index is 0.635. The number of hydrogen-bond acceptors (Lipinski definition) is 2. The van der Waals surface area contributed by atoms with Crippen LogP contribution in [-0.2, 0) is 6.42 Å². The number of nitrogens with two attached hydrogens (primary N) is 1. The van der Waals surface area contributed by atoms with Gasteiger partial charge in [0.1, 0.15) is 4.60 Å². The van der Waals surface area contributed by atoms with Gasteiger partial charge in [-0.1, -0.05) is 0 Å². The second-order valence-electron chi connectivity index (χ2n) is 3.88. The van der Waals surface area contributed by atoms with Crippen molar-refractivity contribution < 1.29 is 0 Å². The van der Waals surface area contributed by atoms with E-state index < -0.39 is 0 Å². The highest BCUT2D eigenvalue weighted by molar-refractivity contribution is 9.10. The van der Waals surface area contributed by atoms with Gasteiger partial charge in [-0.25, -0.2) is 0 Å². The minimum atomic E-state index is 0.635. The fraction of sp³-hybridized carbons (Fsp3) is 0.700. The number of rotatable bonds is 4. The van der Waals surface area contributed by atoms with Gasteiger partial charge in [-0.15, -0.1) is 0 Å². The monoisotopic (exact) mass is 257 g/mol. The normalized spacial score (nSPS) is 17.0. The Morgan fingerprint density at radius 1 is 1.57 bits per heavy atom. The molecule has 1 aliphatic rings. The van der Waals surface area contributed by atoms with E-state index in [1.807, 2.05) is 6.20 Å². The van der Waals surface area contributed by atoms with Gasteiger partial charge in [0.15, 0.2) is 0 Å². The van der Waals surface area contributed by atoms with Crippen molar-refractivity contribution in [2.75, 3.05) is 6.54 Å². The Hall–Kier alpha value is -0.350. The van der Waals surface area contributed by atoms with Crippen molar-refractivity contribution in [3.8, 4) is 0 Å². The summed E-state index contributed by atoms with van der Waals surface area (Å²) in [6.45, 7) is 0.751. The largest absolute Gasteiger partial charge is 0.330 e. The van der Waals surface area contributed by atoms with E-state index in [1.165, 1.54) is 24.8 Å². The van der Waals surface area contributed by atoms with Crippen LogP contribution in [0.3, 0.4) is 0 Å². The van der Waals surface area contributed by atoms with Gasteiger partial charge in [0.05, 0.1) is 12.2 Å². The van der Waals surface area contributed by atoms with Crippen LogP contribution in [0.25, 0.3) is 0 Å². The summed E-state index contributed by atoms with van der Waals surface area (Å²) < 4.78 is 3.28. The molecule has 14 heavy (non-hydrogen) atoms. The Bertz CT molecular complexity index is 304. The third kappa shape index (κ3) is 1.86. The van der Waals surface area contributed by atoms with Crippen molar-refractivity contribution in [3.05, 3.63) is 16.4 Å². The summed E-state index contributed by atoms with van der Waals surface area (Å²) in [5.41, 5.74) is 6.78. The molecule has 0 amide bonds. The van der Waals surface area contributed by atoms with Gasteiger partial charge in [0.25, 0.3) is 0 Å². The summed E-state index contributed by atoms with van der Waals surface area (Å²) >= 11 is 3.62. The lowest BCUT2D eigenvalue weighted by atomic mass is 9.93. The van der Waals surface area contributed by atoms with Crippen LogP contribution in [0.15, 0.2) is 10.8 Å². The van der Waals surface area contributed by atoms with Gasteiger partial charge in [0, 0.05) is 5.56 Å². The van der Waals surface area contributed by atoms with Gasteiger partial charge >= 0.3 is 0 Å². The first-order chi connectivity index (χ1) is 6.83. The summed E-state index contributed by atoms with van der Waals surface area (Å²) in [7, 11) is 0. The Morgan fingerprint density at radius 3 is 2.93 bits per heavy atom. The lowest BCUT2D eigenvalue weighted by Crippen LogP contribution is -2.18. The molecule has 0 unspecified atom stereocenters. The molecule has 0 spiro atoms. The van der Waals surface area contributed by atoms with Crippen LogP contribution in [0, 0.1) is 0 Å². The molecule has 1 aromatic rings. The summed E-state index contributed by atoms with van der Waals surface area (Å²) in [5, 5.41) is 4.42. The quantitative estimate of drug-likeness (QED) is 0.900. The van der Waals surface area contributed by atoms with Gasteiger partial charge in [0.2, 0.25) is 0 Å². The van der Waals surface area contributed by atoms with Crippen molar-refractivity contribution >= 4 is 15.9 Å². The molecule has 4 heteroatoms. The summed E-state index contributed by atoms with van der Waals surface area (Å²) in [6.07, 6.45) is 7.93. The number of halogens is 1. The van der Waals surface area contributed by atoms with Gasteiger partial charge in [-0.05, 0) is 54.6 Å². The fourth-order valence-electron chi connectivity index (χ4n) is 1.73. The molecule has 1 aromatic heterocycles. The van der Waals surface area contributed by atoms with E-state index in [4.69, 9.17) is 5.73 Å². The first-order valence-corrected chi connectivity index (χ1v) is 6.04. The zero-order valence-corrected chi connectivity index (χ0v) is 9.83. The molecule has 1 aliphatic carbocycles. The molecule has 1 fully saturated rings. The molecule has 0 aromatic carbocycles. The summed E-state index contributed by atoms with van der Waals surface area (Å²) in [6, 6.07) is 0.635. The SMILES string of the molecule is NCCCc1cnn(C2CCC2)c1Br. The topological polar surface area (TPSA) is 43.8 Å². The molecule has 1 saturated carbocycles. The van der Waals surface area contributed by atoms with E-state index in [-0.39, 0.29) is 0 Å². The third-order valence-corrected chi connectivity index (χ3v) is 3.75. The van der Waals surface area contributed by atoms with Crippen LogP contribution in [0.1, 0.15) is 37.3 Å². The van der Waals surface area contributed by atoms with Crippen molar-refractivity contribution in [2.24, 2.45) is 5.73 Å². The highest BCUT2D eigenvalue weighted by Gasteiger charge is 2.22. The molecule has 1 heterocycles. The number of aromatic nitrogens is 2. The smallest absolute Gasteiger partial charge is 0.107 e. The van der Waals surface area contributed by atoms with E-state index in [1.54, 1.807) is 0 Å². The summed E-state index contributed by atoms with van der Waals surface area (Å²) in [5.74, 6) is 0. The molecule has 3 nitrogen and oxygen atoms in total. The average molecular weight is 258 g/mol. The highest BCUT2D eigenvalue weighted by atomic mass is 79.9. The maximum absolute atomic E-state index is 5.49. The first kappa shape index (κ1) is 10.2. The Morgan fingerprint density at radius 2 is 2.36 bits per heavy atom. The van der Waals surface area contributed by atoms with Crippen molar-refractivity contribution in [1.29, 1.82) is 0 Å². The zero-order chi connectivity index (χ0) is 9.97. The van der Waals surface area contributed by atoms with Crippen LogP contribution in [-0.4, -0.2) is 16.3 Å². The predicted octanol–water partition coefficient (Wildman–Crippen LogP) is 2.26. The Balaban J connectivity index is 2.06. The molecule has 2 N–H and O–H groups in total. The number of nitrogens with zero attached hydrogens (tertiary/aromatic N) is 2. The van der Waals surface area contributed by atoms with E-state index in [2.05, 4.69) is 25.7 Å². The van der Waals surface area contributed by atoms with Crippen LogP contribution in [0.4, 0.5) is 0 Å². The van der Waals surface area contributed by atoms with Crippen molar-refractivity contribution in [3.63, 3.8) is 0 Å². The molecule has 2 rings (SSSR count). The lowest BCUT2D eigenvalue weighted by molar-refractivity contribution is 0.285. The summed E-state index contributed by atoms with van der Waals surface area (Å²) in [4.78, 5) is 0. The van der Waals surface area contributed by atoms with Gasteiger partial charge in [-0.2, -0.15) is 5.10 Å². The first-order valence-electron chi connectivity index (χ1n) is 5.25. The molecule has 78 valence electrons. The fourth-order valence-corrected chi connectivity index (χ4v) is 2.41. The Labute approximate surface area is 92.8 Å². The van der Waals surface area contributed by atoms with E-state index in [0.717, 1.165) is 24.0 Å². The standard InChI is InChI=1S/C10H16BrN3/c11-10-8(3-2-6-12)7-13-14(10)9-4-1-5-9/h7,9H,1-6,12H2. The molecular formula is C10H16BrN3. The van der Waals surface area contributed by atoms with Crippen LogP contribution in [0.2, 0.25) is 0 Å². The minimum Gasteiger partial charge on any atom is -0.330 e. The van der Waals surface area contributed by atoms with E-state index in [9.17, 15) is 0 Å². The molecule has 0 saturated heterocycles. The third-order valence-electron chi connectivity index (χ3n) is 2.87. The average Bonchev–Trinajstić information content (AvgIpc) is 2.43. The number of aryl methyl sites for hydroxylation is 1. The van der Waals surface area contributed by atoms with Gasteiger partial charge in [-0.3, -0.25) is 4.68 Å². The zero-order valence-electron chi connectivity index (χ0n) is 8.25. The molecule has 0 radical (unpaired) electrons. The second kappa shape index (κ2) is 4.45. The maximum Gasteiger partial charge on any atom is 0.107 e. The van der Waals surface area contributed by atoms with Crippen molar-refractivity contribution in [1.82, 2.24) is 9.78 Å². The molecule has 0 bridgehead atoms. The van der Waals surface area contributed by atoms with E-state index in [0.29, 0.717) is 6.04 Å².